The number of hydrogen-bond donors (Lipinski definition) is 1. The highest BCUT2D eigenvalue weighted by Gasteiger charge is 1.95. The van der Waals surface area contributed by atoms with Gasteiger partial charge in [-0.05, 0) is 18.9 Å². The standard InChI is InChI=1S/C9H19N/c1-4-7-10-8-6-9(3)5-2/h4,9-10H,1,5-8H2,2-3H3. The fourth-order valence-electron chi connectivity index (χ4n) is 0.757. The minimum absolute atomic E-state index is 0.859. The predicted molar refractivity (Wildman–Crippen MR) is 47.1 cm³/mol. The van der Waals surface area contributed by atoms with Crippen molar-refractivity contribution in [3.05, 3.63) is 12.7 Å². The van der Waals surface area contributed by atoms with Crippen LogP contribution in [0.5, 0.6) is 0 Å². The lowest BCUT2D eigenvalue weighted by Crippen LogP contribution is -2.16. The Balaban J connectivity index is 2.95. The third kappa shape index (κ3) is 5.83. The molecule has 0 aliphatic rings. The van der Waals surface area contributed by atoms with E-state index in [0.717, 1.165) is 19.0 Å². The van der Waals surface area contributed by atoms with E-state index in [9.17, 15) is 0 Å². The molecule has 1 unspecified atom stereocenters. The van der Waals surface area contributed by atoms with Crippen molar-refractivity contribution in [3.8, 4) is 0 Å². The van der Waals surface area contributed by atoms with Gasteiger partial charge >= 0.3 is 0 Å². The molecule has 0 rings (SSSR count). The van der Waals surface area contributed by atoms with Crippen molar-refractivity contribution >= 4 is 0 Å². The minimum Gasteiger partial charge on any atom is -0.313 e. The monoisotopic (exact) mass is 141 g/mol. The van der Waals surface area contributed by atoms with Gasteiger partial charge in [-0.1, -0.05) is 26.3 Å². The minimum atomic E-state index is 0.859. The van der Waals surface area contributed by atoms with Gasteiger partial charge < -0.3 is 5.32 Å². The van der Waals surface area contributed by atoms with Crippen LogP contribution in [0.1, 0.15) is 26.7 Å². The number of hydrogen-bond acceptors (Lipinski definition) is 1. The van der Waals surface area contributed by atoms with E-state index in [1.807, 2.05) is 6.08 Å². The van der Waals surface area contributed by atoms with Crippen LogP contribution in [0.15, 0.2) is 12.7 Å². The second kappa shape index (κ2) is 6.81. The zero-order valence-corrected chi connectivity index (χ0v) is 7.19. The van der Waals surface area contributed by atoms with Crippen LogP contribution in [0.25, 0.3) is 0 Å². The maximum atomic E-state index is 3.64. The van der Waals surface area contributed by atoms with Gasteiger partial charge in [-0.2, -0.15) is 0 Å². The molecule has 0 spiro atoms. The van der Waals surface area contributed by atoms with Crippen LogP contribution in [0.3, 0.4) is 0 Å². The van der Waals surface area contributed by atoms with Gasteiger partial charge in [0.25, 0.3) is 0 Å². The van der Waals surface area contributed by atoms with Crippen molar-refractivity contribution in [1.29, 1.82) is 0 Å². The number of nitrogens with one attached hydrogen (secondary N) is 1. The fraction of sp³-hybridized carbons (Fsp3) is 0.778. The summed E-state index contributed by atoms with van der Waals surface area (Å²) in [5.74, 6) is 0.859. The predicted octanol–water partition coefficient (Wildman–Crippen LogP) is 2.20. The number of rotatable bonds is 6. The topological polar surface area (TPSA) is 12.0 Å². The summed E-state index contributed by atoms with van der Waals surface area (Å²) >= 11 is 0. The van der Waals surface area contributed by atoms with Gasteiger partial charge in [0.15, 0.2) is 0 Å². The molecular formula is C9H19N. The SMILES string of the molecule is C=CCNCCC(C)CC. The zero-order chi connectivity index (χ0) is 7.82. The Morgan fingerprint density at radius 2 is 2.30 bits per heavy atom. The van der Waals surface area contributed by atoms with E-state index >= 15 is 0 Å². The maximum Gasteiger partial charge on any atom is 0.0132 e. The van der Waals surface area contributed by atoms with Crippen molar-refractivity contribution in [2.75, 3.05) is 13.1 Å². The summed E-state index contributed by atoms with van der Waals surface area (Å²) in [5, 5.41) is 3.28. The molecule has 0 aromatic carbocycles. The quantitative estimate of drug-likeness (QED) is 0.441. The highest BCUT2D eigenvalue weighted by Crippen LogP contribution is 2.03. The van der Waals surface area contributed by atoms with E-state index < -0.39 is 0 Å². The molecule has 0 aromatic rings. The summed E-state index contributed by atoms with van der Waals surface area (Å²) in [6, 6.07) is 0. The van der Waals surface area contributed by atoms with Crippen molar-refractivity contribution in [2.24, 2.45) is 5.92 Å². The molecule has 0 amide bonds. The molecule has 1 heteroatoms. The second-order valence-corrected chi connectivity index (χ2v) is 2.79. The van der Waals surface area contributed by atoms with Crippen LogP contribution in [0.4, 0.5) is 0 Å². The fourth-order valence-corrected chi connectivity index (χ4v) is 0.757. The van der Waals surface area contributed by atoms with E-state index in [1.54, 1.807) is 0 Å². The average Bonchev–Trinajstić information content (AvgIpc) is 1.98. The summed E-state index contributed by atoms with van der Waals surface area (Å²) < 4.78 is 0. The van der Waals surface area contributed by atoms with Crippen molar-refractivity contribution in [2.45, 2.75) is 26.7 Å². The highest BCUT2D eigenvalue weighted by molar-refractivity contribution is 4.69. The van der Waals surface area contributed by atoms with Crippen molar-refractivity contribution in [1.82, 2.24) is 5.32 Å². The molecule has 1 nitrogen and oxygen atoms in total. The first-order valence-electron chi connectivity index (χ1n) is 4.12. The first-order chi connectivity index (χ1) is 4.81. The van der Waals surface area contributed by atoms with Gasteiger partial charge in [-0.3, -0.25) is 0 Å². The third-order valence-corrected chi connectivity index (χ3v) is 1.80. The molecule has 1 N–H and O–H groups in total. The Morgan fingerprint density at radius 3 is 2.80 bits per heavy atom. The molecule has 0 aliphatic heterocycles. The lowest BCUT2D eigenvalue weighted by atomic mass is 10.1. The van der Waals surface area contributed by atoms with Crippen LogP contribution in [-0.4, -0.2) is 13.1 Å². The first-order valence-corrected chi connectivity index (χ1v) is 4.12. The molecule has 0 aromatic heterocycles. The van der Waals surface area contributed by atoms with E-state index in [2.05, 4.69) is 25.7 Å². The molecule has 0 bridgehead atoms. The van der Waals surface area contributed by atoms with Gasteiger partial charge in [0.2, 0.25) is 0 Å². The Labute approximate surface area is 64.5 Å². The zero-order valence-electron chi connectivity index (χ0n) is 7.19. The molecule has 0 heterocycles. The first kappa shape index (κ1) is 9.70. The van der Waals surface area contributed by atoms with Gasteiger partial charge in [0.1, 0.15) is 0 Å². The van der Waals surface area contributed by atoms with E-state index in [1.165, 1.54) is 12.8 Å². The molecule has 0 radical (unpaired) electrons. The van der Waals surface area contributed by atoms with Gasteiger partial charge in [-0.15, -0.1) is 6.58 Å². The molecule has 60 valence electrons. The van der Waals surface area contributed by atoms with Crippen molar-refractivity contribution < 1.29 is 0 Å². The molecule has 0 aliphatic carbocycles. The second-order valence-electron chi connectivity index (χ2n) is 2.79. The summed E-state index contributed by atoms with van der Waals surface area (Å²) in [4.78, 5) is 0. The van der Waals surface area contributed by atoms with E-state index in [4.69, 9.17) is 0 Å². The Kier molecular flexibility index (Phi) is 6.61. The molecule has 1 atom stereocenters. The average molecular weight is 141 g/mol. The molecule has 0 saturated heterocycles. The van der Waals surface area contributed by atoms with E-state index in [-0.39, 0.29) is 0 Å². The Hall–Kier alpha value is -0.300. The van der Waals surface area contributed by atoms with E-state index in [0.29, 0.717) is 0 Å². The lowest BCUT2D eigenvalue weighted by molar-refractivity contribution is 0.497. The molecule has 0 fully saturated rings. The molecular weight excluding hydrogens is 122 g/mol. The maximum absolute atomic E-state index is 3.64. The van der Waals surface area contributed by atoms with Crippen LogP contribution in [0.2, 0.25) is 0 Å². The highest BCUT2D eigenvalue weighted by atomic mass is 14.8. The smallest absolute Gasteiger partial charge is 0.0132 e. The normalized spacial score (nSPS) is 13.0. The van der Waals surface area contributed by atoms with Crippen LogP contribution in [0, 0.1) is 5.92 Å². The Morgan fingerprint density at radius 1 is 1.60 bits per heavy atom. The van der Waals surface area contributed by atoms with Crippen LogP contribution < -0.4 is 5.32 Å². The largest absolute Gasteiger partial charge is 0.313 e. The Bertz CT molecular complexity index is 78.8. The van der Waals surface area contributed by atoms with Crippen LogP contribution >= 0.6 is 0 Å². The summed E-state index contributed by atoms with van der Waals surface area (Å²) in [7, 11) is 0. The van der Waals surface area contributed by atoms with Gasteiger partial charge in [0, 0.05) is 6.54 Å². The summed E-state index contributed by atoms with van der Waals surface area (Å²) in [6.07, 6.45) is 4.47. The lowest BCUT2D eigenvalue weighted by Gasteiger charge is -2.07. The van der Waals surface area contributed by atoms with Crippen molar-refractivity contribution in [3.63, 3.8) is 0 Å². The van der Waals surface area contributed by atoms with Crippen LogP contribution in [-0.2, 0) is 0 Å². The van der Waals surface area contributed by atoms with Gasteiger partial charge in [-0.25, -0.2) is 0 Å². The molecule has 0 saturated carbocycles. The summed E-state index contributed by atoms with van der Waals surface area (Å²) in [5.41, 5.74) is 0. The molecule has 10 heavy (non-hydrogen) atoms. The third-order valence-electron chi connectivity index (χ3n) is 1.80. The van der Waals surface area contributed by atoms with Gasteiger partial charge in [0.05, 0.1) is 0 Å². The summed E-state index contributed by atoms with van der Waals surface area (Å²) in [6.45, 7) is 10.2.